The highest BCUT2D eigenvalue weighted by Crippen LogP contribution is 2.21. The van der Waals surface area contributed by atoms with E-state index in [0.29, 0.717) is 25.0 Å². The number of carbonyl (C=O) groups is 2. The molecule has 2 fully saturated rings. The minimum Gasteiger partial charge on any atom is -0.357 e. The SMILES string of the molecule is CCNC(=NCc1ccc(N2CCCC2=O)cc1)NCC(=O)NC1CCCCC1.I. The lowest BCUT2D eigenvalue weighted by Crippen LogP contribution is -2.46. The fourth-order valence-corrected chi connectivity index (χ4v) is 3.90. The van der Waals surface area contributed by atoms with Crippen molar-refractivity contribution >= 4 is 47.4 Å². The number of guanidine groups is 1. The molecule has 3 rings (SSSR count). The van der Waals surface area contributed by atoms with Gasteiger partial charge < -0.3 is 20.9 Å². The Kier molecular flexibility index (Phi) is 10.4. The highest BCUT2D eigenvalue weighted by atomic mass is 127. The average molecular weight is 527 g/mol. The fourth-order valence-electron chi connectivity index (χ4n) is 3.90. The molecule has 3 N–H and O–H groups in total. The van der Waals surface area contributed by atoms with E-state index in [2.05, 4.69) is 20.9 Å². The van der Waals surface area contributed by atoms with Gasteiger partial charge in [0.15, 0.2) is 5.96 Å². The fraction of sp³-hybridized carbons (Fsp3) is 0.591. The Balaban J connectivity index is 0.00000320. The Morgan fingerprint density at radius 1 is 1.10 bits per heavy atom. The van der Waals surface area contributed by atoms with Gasteiger partial charge in [-0.1, -0.05) is 31.4 Å². The summed E-state index contributed by atoms with van der Waals surface area (Å²) in [5.74, 6) is 0.841. The maximum atomic E-state index is 12.2. The van der Waals surface area contributed by atoms with Gasteiger partial charge in [0.25, 0.3) is 0 Å². The third-order valence-electron chi connectivity index (χ3n) is 5.47. The summed E-state index contributed by atoms with van der Waals surface area (Å²) in [4.78, 5) is 30.5. The minimum absolute atomic E-state index is 0. The van der Waals surface area contributed by atoms with Crippen LogP contribution in [0.3, 0.4) is 0 Å². The normalized spacial score (nSPS) is 17.4. The van der Waals surface area contributed by atoms with Crippen LogP contribution in [-0.2, 0) is 16.1 Å². The number of nitrogens with zero attached hydrogens (tertiary/aromatic N) is 2. The van der Waals surface area contributed by atoms with Gasteiger partial charge in [-0.15, -0.1) is 24.0 Å². The van der Waals surface area contributed by atoms with Crippen LogP contribution in [0.4, 0.5) is 5.69 Å². The van der Waals surface area contributed by atoms with Crippen LogP contribution in [0.1, 0.15) is 57.4 Å². The molecule has 1 saturated carbocycles. The molecule has 30 heavy (non-hydrogen) atoms. The van der Waals surface area contributed by atoms with Crippen LogP contribution in [-0.4, -0.2) is 43.5 Å². The summed E-state index contributed by atoms with van der Waals surface area (Å²) < 4.78 is 0. The second kappa shape index (κ2) is 12.8. The molecular formula is C22H34IN5O2. The van der Waals surface area contributed by atoms with Gasteiger partial charge in [0.2, 0.25) is 11.8 Å². The van der Waals surface area contributed by atoms with Gasteiger partial charge >= 0.3 is 0 Å². The van der Waals surface area contributed by atoms with Gasteiger partial charge in [-0.3, -0.25) is 9.59 Å². The van der Waals surface area contributed by atoms with Gasteiger partial charge in [0.1, 0.15) is 0 Å². The van der Waals surface area contributed by atoms with Gasteiger partial charge in [-0.25, -0.2) is 4.99 Å². The number of aliphatic imine (C=N–C) groups is 1. The molecule has 0 radical (unpaired) electrons. The van der Waals surface area contributed by atoms with E-state index >= 15 is 0 Å². The van der Waals surface area contributed by atoms with Crippen molar-refractivity contribution in [3.8, 4) is 0 Å². The van der Waals surface area contributed by atoms with Crippen molar-refractivity contribution in [2.24, 2.45) is 4.99 Å². The molecule has 0 aromatic heterocycles. The van der Waals surface area contributed by atoms with Gasteiger partial charge in [-0.05, 0) is 43.9 Å². The maximum Gasteiger partial charge on any atom is 0.239 e. The van der Waals surface area contributed by atoms with Gasteiger partial charge in [0, 0.05) is 31.2 Å². The Morgan fingerprint density at radius 2 is 1.83 bits per heavy atom. The monoisotopic (exact) mass is 527 g/mol. The predicted octanol–water partition coefficient (Wildman–Crippen LogP) is 2.94. The second-order valence-corrected chi connectivity index (χ2v) is 7.77. The number of hydrogen-bond acceptors (Lipinski definition) is 3. The number of rotatable bonds is 7. The first-order chi connectivity index (χ1) is 14.2. The first-order valence-electron chi connectivity index (χ1n) is 10.9. The van der Waals surface area contributed by atoms with Crippen LogP contribution in [0.25, 0.3) is 0 Å². The first kappa shape index (κ1) is 24.4. The van der Waals surface area contributed by atoms with E-state index < -0.39 is 0 Å². The number of amides is 2. The minimum atomic E-state index is 0. The molecule has 166 valence electrons. The molecule has 0 unspecified atom stereocenters. The first-order valence-corrected chi connectivity index (χ1v) is 10.9. The Labute approximate surface area is 196 Å². The molecule has 0 spiro atoms. The average Bonchev–Trinajstić information content (AvgIpc) is 3.17. The highest BCUT2D eigenvalue weighted by Gasteiger charge is 2.21. The highest BCUT2D eigenvalue weighted by molar-refractivity contribution is 14.0. The van der Waals surface area contributed by atoms with Crippen molar-refractivity contribution in [1.82, 2.24) is 16.0 Å². The molecule has 1 aliphatic carbocycles. The quantitative estimate of drug-likeness (QED) is 0.289. The summed E-state index contributed by atoms with van der Waals surface area (Å²) in [6.07, 6.45) is 7.41. The molecule has 2 aliphatic rings. The molecule has 0 bridgehead atoms. The van der Waals surface area contributed by atoms with Crippen LogP contribution in [0, 0.1) is 0 Å². The van der Waals surface area contributed by atoms with Crippen molar-refractivity contribution in [3.05, 3.63) is 29.8 Å². The number of halogens is 1. The maximum absolute atomic E-state index is 12.2. The summed E-state index contributed by atoms with van der Waals surface area (Å²) in [5.41, 5.74) is 2.01. The summed E-state index contributed by atoms with van der Waals surface area (Å²) in [6.45, 7) is 4.26. The lowest BCUT2D eigenvalue weighted by Gasteiger charge is -2.23. The molecule has 7 nitrogen and oxygen atoms in total. The van der Waals surface area contributed by atoms with Crippen molar-refractivity contribution < 1.29 is 9.59 Å². The van der Waals surface area contributed by atoms with Gasteiger partial charge in [-0.2, -0.15) is 0 Å². The zero-order valence-electron chi connectivity index (χ0n) is 17.8. The van der Waals surface area contributed by atoms with Gasteiger partial charge in [0.05, 0.1) is 13.1 Å². The lowest BCUT2D eigenvalue weighted by atomic mass is 9.95. The summed E-state index contributed by atoms with van der Waals surface area (Å²) in [5, 5.41) is 9.41. The molecule has 1 aromatic rings. The summed E-state index contributed by atoms with van der Waals surface area (Å²) in [6, 6.07) is 8.28. The topological polar surface area (TPSA) is 85.8 Å². The summed E-state index contributed by atoms with van der Waals surface area (Å²) in [7, 11) is 0. The third-order valence-corrected chi connectivity index (χ3v) is 5.47. The van der Waals surface area contributed by atoms with Crippen LogP contribution in [0.15, 0.2) is 29.3 Å². The predicted molar refractivity (Wildman–Crippen MR) is 131 cm³/mol. The zero-order chi connectivity index (χ0) is 20.5. The molecule has 0 atom stereocenters. The Bertz CT molecular complexity index is 717. The molecule has 2 amide bonds. The smallest absolute Gasteiger partial charge is 0.239 e. The van der Waals surface area contributed by atoms with Crippen LogP contribution in [0.5, 0.6) is 0 Å². The summed E-state index contributed by atoms with van der Waals surface area (Å²) >= 11 is 0. The van der Waals surface area contributed by atoms with Crippen molar-refractivity contribution in [2.75, 3.05) is 24.5 Å². The number of carbonyl (C=O) groups excluding carboxylic acids is 2. The van der Waals surface area contributed by atoms with Crippen molar-refractivity contribution in [1.29, 1.82) is 0 Å². The molecule has 1 saturated heterocycles. The second-order valence-electron chi connectivity index (χ2n) is 7.77. The van der Waals surface area contributed by atoms with Crippen LogP contribution in [0.2, 0.25) is 0 Å². The number of nitrogens with one attached hydrogen (secondary N) is 3. The zero-order valence-corrected chi connectivity index (χ0v) is 20.1. The number of hydrogen-bond donors (Lipinski definition) is 3. The Hall–Kier alpha value is -1.84. The third kappa shape index (κ3) is 7.45. The molecule has 1 aromatic carbocycles. The van der Waals surface area contributed by atoms with Crippen LogP contribution >= 0.6 is 24.0 Å². The number of benzene rings is 1. The van der Waals surface area contributed by atoms with Crippen LogP contribution < -0.4 is 20.9 Å². The number of anilines is 1. The molecule has 1 heterocycles. The van der Waals surface area contributed by atoms with E-state index in [1.165, 1.54) is 19.3 Å². The lowest BCUT2D eigenvalue weighted by molar-refractivity contribution is -0.121. The Morgan fingerprint density at radius 3 is 2.47 bits per heavy atom. The largest absolute Gasteiger partial charge is 0.357 e. The van der Waals surface area contributed by atoms with E-state index in [-0.39, 0.29) is 42.3 Å². The molecule has 8 heteroatoms. The van der Waals surface area contributed by atoms with E-state index in [0.717, 1.165) is 43.6 Å². The van der Waals surface area contributed by atoms with Crippen molar-refractivity contribution in [3.63, 3.8) is 0 Å². The van der Waals surface area contributed by atoms with E-state index in [4.69, 9.17) is 0 Å². The van der Waals surface area contributed by atoms with Crippen molar-refractivity contribution in [2.45, 2.75) is 64.5 Å². The molecular weight excluding hydrogens is 493 g/mol. The standard InChI is InChI=1S/C22H33N5O2.HI/c1-2-23-22(25-16-20(28)26-18-7-4-3-5-8-18)24-15-17-10-12-19(13-11-17)27-14-6-9-21(27)29;/h10-13,18H,2-9,14-16H2,1H3,(H,26,28)(H2,23,24,25);1H. The van der Waals surface area contributed by atoms with E-state index in [1.54, 1.807) is 0 Å². The van der Waals surface area contributed by atoms with E-state index in [9.17, 15) is 9.59 Å². The van der Waals surface area contributed by atoms with E-state index in [1.807, 2.05) is 36.1 Å². The molecule has 1 aliphatic heterocycles.